The fourth-order valence-electron chi connectivity index (χ4n) is 3.87. The van der Waals surface area contributed by atoms with Crippen LogP contribution in [-0.4, -0.2) is 24.0 Å². The van der Waals surface area contributed by atoms with Crippen LogP contribution in [0, 0.1) is 5.92 Å². The maximum absolute atomic E-state index is 2.79. The molecule has 0 unspecified atom stereocenters. The molecule has 3 rings (SSSR count). The Labute approximate surface area is 123 Å². The van der Waals surface area contributed by atoms with Crippen molar-refractivity contribution in [2.45, 2.75) is 51.0 Å². The number of allylic oxidation sites excluding steroid dienone is 2. The Morgan fingerprint density at radius 3 is 2.50 bits per heavy atom. The lowest BCUT2D eigenvalue weighted by molar-refractivity contribution is 0.110. The molecule has 1 nitrogen and oxygen atoms in total. The minimum atomic E-state index is 0.752. The number of hydrogen-bond donors (Lipinski definition) is 0. The Kier molecular flexibility index (Phi) is 4.91. The predicted octanol–water partition coefficient (Wildman–Crippen LogP) is 4.44. The van der Waals surface area contributed by atoms with Crippen molar-refractivity contribution in [3.05, 3.63) is 48.0 Å². The zero-order chi connectivity index (χ0) is 13.6. The Balaban J connectivity index is 1.73. The van der Waals surface area contributed by atoms with Gasteiger partial charge in [0.25, 0.3) is 0 Å². The summed E-state index contributed by atoms with van der Waals surface area (Å²) in [4.78, 5) is 2.79. The first-order chi connectivity index (χ1) is 9.93. The van der Waals surface area contributed by atoms with Gasteiger partial charge in [-0.15, -0.1) is 0 Å². The highest BCUT2D eigenvalue weighted by Gasteiger charge is 2.28. The van der Waals surface area contributed by atoms with Crippen LogP contribution in [-0.2, 0) is 6.42 Å². The van der Waals surface area contributed by atoms with Crippen molar-refractivity contribution in [2.24, 2.45) is 5.92 Å². The lowest BCUT2D eigenvalue weighted by atomic mass is 9.83. The van der Waals surface area contributed by atoms with E-state index in [1.54, 1.807) is 0 Å². The normalized spacial score (nSPS) is 25.5. The molecule has 2 aliphatic rings. The summed E-state index contributed by atoms with van der Waals surface area (Å²) in [7, 11) is 0. The number of nitrogens with zero attached hydrogens (tertiary/aromatic N) is 1. The first-order valence-corrected chi connectivity index (χ1v) is 8.36. The molecule has 108 valence electrons. The summed E-state index contributed by atoms with van der Waals surface area (Å²) in [6.07, 6.45) is 14.2. The largest absolute Gasteiger partial charge is 0.300 e. The van der Waals surface area contributed by atoms with Gasteiger partial charge in [-0.1, -0.05) is 48.9 Å². The van der Waals surface area contributed by atoms with Crippen LogP contribution >= 0.6 is 0 Å². The number of piperidine rings is 1. The third-order valence-electron chi connectivity index (χ3n) is 5.00. The first-order valence-electron chi connectivity index (χ1n) is 8.36. The van der Waals surface area contributed by atoms with Crippen LogP contribution in [0.2, 0.25) is 0 Å². The highest BCUT2D eigenvalue weighted by atomic mass is 15.2. The SMILES string of the molecule is C1=CC[C@@H]([C@@H](Cc2ccccc2)N2CCCCC2)CC1. The summed E-state index contributed by atoms with van der Waals surface area (Å²) in [5.74, 6) is 0.860. The highest BCUT2D eigenvalue weighted by molar-refractivity contribution is 5.16. The smallest absolute Gasteiger partial charge is 0.0167 e. The maximum atomic E-state index is 2.79. The third kappa shape index (κ3) is 3.52. The number of likely N-dealkylation sites (tertiary alicyclic amines) is 1. The quantitative estimate of drug-likeness (QED) is 0.730. The second kappa shape index (κ2) is 7.08. The molecule has 1 heterocycles. The zero-order valence-corrected chi connectivity index (χ0v) is 12.5. The van der Waals surface area contributed by atoms with E-state index >= 15 is 0 Å². The average molecular weight is 269 g/mol. The Hall–Kier alpha value is -1.08. The van der Waals surface area contributed by atoms with Crippen LogP contribution in [0.15, 0.2) is 42.5 Å². The van der Waals surface area contributed by atoms with Crippen LogP contribution in [0.5, 0.6) is 0 Å². The van der Waals surface area contributed by atoms with Crippen molar-refractivity contribution >= 4 is 0 Å². The average Bonchev–Trinajstić information content (AvgIpc) is 2.55. The van der Waals surface area contributed by atoms with Crippen LogP contribution < -0.4 is 0 Å². The Bertz CT molecular complexity index is 417. The van der Waals surface area contributed by atoms with Crippen LogP contribution in [0.3, 0.4) is 0 Å². The molecule has 1 aliphatic carbocycles. The van der Waals surface area contributed by atoms with Gasteiger partial charge in [0.05, 0.1) is 0 Å². The van der Waals surface area contributed by atoms with Crippen molar-refractivity contribution in [3.63, 3.8) is 0 Å². The molecule has 1 aliphatic heterocycles. The predicted molar refractivity (Wildman–Crippen MR) is 85.8 cm³/mol. The van der Waals surface area contributed by atoms with Gasteiger partial charge in [0.15, 0.2) is 0 Å². The summed E-state index contributed by atoms with van der Waals surface area (Å²) in [5.41, 5.74) is 1.51. The van der Waals surface area contributed by atoms with Gasteiger partial charge in [-0.2, -0.15) is 0 Å². The van der Waals surface area contributed by atoms with E-state index in [4.69, 9.17) is 0 Å². The van der Waals surface area contributed by atoms with E-state index in [0.717, 1.165) is 12.0 Å². The molecule has 0 amide bonds. The van der Waals surface area contributed by atoms with Gasteiger partial charge < -0.3 is 0 Å². The molecule has 0 radical (unpaired) electrons. The second-order valence-corrected chi connectivity index (χ2v) is 6.40. The number of hydrogen-bond acceptors (Lipinski definition) is 1. The fraction of sp³-hybridized carbons (Fsp3) is 0.579. The van der Waals surface area contributed by atoms with E-state index in [9.17, 15) is 0 Å². The molecule has 0 aromatic heterocycles. The molecule has 0 N–H and O–H groups in total. The molecule has 0 spiro atoms. The monoisotopic (exact) mass is 269 g/mol. The fourth-order valence-corrected chi connectivity index (χ4v) is 3.87. The van der Waals surface area contributed by atoms with Gasteiger partial charge in [-0.25, -0.2) is 0 Å². The van der Waals surface area contributed by atoms with Crippen molar-refractivity contribution in [1.82, 2.24) is 4.90 Å². The van der Waals surface area contributed by atoms with Gasteiger partial charge in [0.1, 0.15) is 0 Å². The molecule has 0 bridgehead atoms. The topological polar surface area (TPSA) is 3.24 Å². The molecular formula is C19H27N. The lowest BCUT2D eigenvalue weighted by Crippen LogP contribution is -2.45. The van der Waals surface area contributed by atoms with E-state index in [0.29, 0.717) is 0 Å². The van der Waals surface area contributed by atoms with Crippen LogP contribution in [0.25, 0.3) is 0 Å². The molecule has 1 aromatic carbocycles. The minimum absolute atomic E-state index is 0.752. The van der Waals surface area contributed by atoms with Crippen LogP contribution in [0.1, 0.15) is 44.1 Å². The van der Waals surface area contributed by atoms with E-state index in [1.165, 1.54) is 63.6 Å². The van der Waals surface area contributed by atoms with E-state index in [1.807, 2.05) is 0 Å². The molecule has 2 atom stereocenters. The molecule has 1 aromatic rings. The van der Waals surface area contributed by atoms with Crippen molar-refractivity contribution < 1.29 is 0 Å². The number of benzene rings is 1. The standard InChI is InChI=1S/C19H27N/c1-4-10-17(11-5-1)16-19(18-12-6-2-7-13-18)20-14-8-3-9-15-20/h1-2,4-6,10-11,18-19H,3,7-9,12-16H2/t18-,19-/m1/s1. The summed E-state index contributed by atoms with van der Waals surface area (Å²) in [5, 5.41) is 0. The zero-order valence-electron chi connectivity index (χ0n) is 12.5. The maximum Gasteiger partial charge on any atom is 0.0167 e. The summed E-state index contributed by atoms with van der Waals surface area (Å²) >= 11 is 0. The van der Waals surface area contributed by atoms with Crippen molar-refractivity contribution in [3.8, 4) is 0 Å². The summed E-state index contributed by atoms with van der Waals surface area (Å²) < 4.78 is 0. The van der Waals surface area contributed by atoms with Gasteiger partial charge in [-0.05, 0) is 63.1 Å². The summed E-state index contributed by atoms with van der Waals surface area (Å²) in [6, 6.07) is 11.9. The molecule has 1 fully saturated rings. The molecule has 1 saturated heterocycles. The molecule has 20 heavy (non-hydrogen) atoms. The first kappa shape index (κ1) is 13.9. The Morgan fingerprint density at radius 2 is 1.80 bits per heavy atom. The highest BCUT2D eigenvalue weighted by Crippen LogP contribution is 2.29. The molecule has 0 saturated carbocycles. The van der Waals surface area contributed by atoms with Gasteiger partial charge in [0.2, 0.25) is 0 Å². The number of rotatable bonds is 4. The van der Waals surface area contributed by atoms with Crippen LogP contribution in [0.4, 0.5) is 0 Å². The summed E-state index contributed by atoms with van der Waals surface area (Å²) in [6.45, 7) is 2.63. The molecular weight excluding hydrogens is 242 g/mol. The lowest BCUT2D eigenvalue weighted by Gasteiger charge is -2.40. The van der Waals surface area contributed by atoms with Gasteiger partial charge in [-0.3, -0.25) is 4.90 Å². The van der Waals surface area contributed by atoms with Crippen molar-refractivity contribution in [2.75, 3.05) is 13.1 Å². The van der Waals surface area contributed by atoms with Gasteiger partial charge in [0, 0.05) is 6.04 Å². The second-order valence-electron chi connectivity index (χ2n) is 6.40. The molecule has 1 heteroatoms. The van der Waals surface area contributed by atoms with E-state index in [-0.39, 0.29) is 0 Å². The van der Waals surface area contributed by atoms with Gasteiger partial charge >= 0.3 is 0 Å². The minimum Gasteiger partial charge on any atom is -0.300 e. The third-order valence-corrected chi connectivity index (χ3v) is 5.00. The Morgan fingerprint density at radius 1 is 1.00 bits per heavy atom. The van der Waals surface area contributed by atoms with E-state index < -0.39 is 0 Å². The van der Waals surface area contributed by atoms with Crippen molar-refractivity contribution in [1.29, 1.82) is 0 Å². The van der Waals surface area contributed by atoms with E-state index in [2.05, 4.69) is 47.4 Å².